The Balaban J connectivity index is 1.21. The Morgan fingerprint density at radius 2 is 2.05 bits per heavy atom. The SMILES string of the molecule is COc1cc(-c2cc(C(=O)N3CC[C@H](C(=O)NCc4ncc(OC(C)C)cc4Cl)CC34CC4)[nH]n2)c(F)cn1. The minimum absolute atomic E-state index is 0.00440. The van der Waals surface area contributed by atoms with Gasteiger partial charge in [-0.1, -0.05) is 11.6 Å². The molecule has 2 amide bonds. The summed E-state index contributed by atoms with van der Waals surface area (Å²) in [5.41, 5.74) is 0.935. The van der Waals surface area contributed by atoms with Crippen molar-refractivity contribution in [3.05, 3.63) is 52.8 Å². The van der Waals surface area contributed by atoms with E-state index >= 15 is 0 Å². The molecule has 2 N–H and O–H groups in total. The van der Waals surface area contributed by atoms with Crippen LogP contribution in [0.25, 0.3) is 11.3 Å². The second-order valence-corrected chi connectivity index (χ2v) is 10.6. The van der Waals surface area contributed by atoms with Gasteiger partial charge in [-0.25, -0.2) is 9.37 Å². The lowest BCUT2D eigenvalue weighted by Crippen LogP contribution is -2.50. The maximum Gasteiger partial charge on any atom is 0.272 e. The van der Waals surface area contributed by atoms with E-state index in [1.165, 1.54) is 19.2 Å². The number of piperidine rings is 1. The van der Waals surface area contributed by atoms with Crippen LogP contribution in [0.4, 0.5) is 4.39 Å². The molecule has 1 saturated carbocycles. The van der Waals surface area contributed by atoms with E-state index in [-0.39, 0.29) is 58.8 Å². The van der Waals surface area contributed by atoms with Crippen molar-refractivity contribution in [1.29, 1.82) is 0 Å². The van der Waals surface area contributed by atoms with E-state index in [1.807, 2.05) is 18.7 Å². The summed E-state index contributed by atoms with van der Waals surface area (Å²) in [7, 11) is 1.44. The van der Waals surface area contributed by atoms with Crippen LogP contribution in [-0.4, -0.2) is 62.2 Å². The third-order valence-corrected chi connectivity index (χ3v) is 7.49. The smallest absolute Gasteiger partial charge is 0.272 e. The summed E-state index contributed by atoms with van der Waals surface area (Å²) >= 11 is 6.34. The van der Waals surface area contributed by atoms with E-state index in [0.717, 1.165) is 19.0 Å². The zero-order valence-electron chi connectivity index (χ0n) is 22.0. The number of methoxy groups -OCH3 is 1. The molecular weight excluding hydrogens is 527 g/mol. The van der Waals surface area contributed by atoms with Crippen LogP contribution in [0.3, 0.4) is 0 Å². The number of hydrogen-bond acceptors (Lipinski definition) is 7. The van der Waals surface area contributed by atoms with Gasteiger partial charge in [0.2, 0.25) is 11.8 Å². The average molecular weight is 557 g/mol. The third kappa shape index (κ3) is 5.68. The van der Waals surface area contributed by atoms with Crippen molar-refractivity contribution in [3.8, 4) is 22.9 Å². The molecule has 12 heteroatoms. The Labute approximate surface area is 230 Å². The van der Waals surface area contributed by atoms with Gasteiger partial charge in [0.15, 0.2) is 5.82 Å². The van der Waals surface area contributed by atoms with Crippen LogP contribution in [0, 0.1) is 11.7 Å². The summed E-state index contributed by atoms with van der Waals surface area (Å²) in [5, 5.41) is 10.3. The number of likely N-dealkylation sites (tertiary alicyclic amines) is 1. The number of pyridine rings is 2. The van der Waals surface area contributed by atoms with Gasteiger partial charge in [-0.05, 0) is 45.6 Å². The third-order valence-electron chi connectivity index (χ3n) is 7.16. The van der Waals surface area contributed by atoms with E-state index < -0.39 is 5.82 Å². The number of ether oxygens (including phenoxy) is 2. The molecule has 1 aliphatic carbocycles. The Hall–Kier alpha value is -3.73. The fourth-order valence-electron chi connectivity index (χ4n) is 5.02. The first-order valence-electron chi connectivity index (χ1n) is 12.8. The van der Waals surface area contributed by atoms with Crippen molar-refractivity contribution >= 4 is 23.4 Å². The highest BCUT2D eigenvalue weighted by molar-refractivity contribution is 6.31. The van der Waals surface area contributed by atoms with Crippen LogP contribution in [0.15, 0.2) is 30.6 Å². The highest BCUT2D eigenvalue weighted by atomic mass is 35.5. The Bertz CT molecular complexity index is 1390. The molecular formula is C27H30ClFN6O4. The summed E-state index contributed by atoms with van der Waals surface area (Å²) in [4.78, 5) is 36.4. The molecule has 1 spiro atoms. The van der Waals surface area contributed by atoms with Gasteiger partial charge in [0.25, 0.3) is 5.91 Å². The number of carbonyl (C=O) groups excluding carboxylic acids is 2. The molecule has 0 unspecified atom stereocenters. The van der Waals surface area contributed by atoms with Gasteiger partial charge in [-0.15, -0.1) is 0 Å². The number of H-pyrrole nitrogens is 1. The summed E-state index contributed by atoms with van der Waals surface area (Å²) in [6.45, 7) is 4.48. The van der Waals surface area contributed by atoms with Crippen molar-refractivity contribution in [2.75, 3.05) is 13.7 Å². The second kappa shape index (κ2) is 10.8. The number of amides is 2. The first kappa shape index (κ1) is 26.9. The molecule has 5 rings (SSSR count). The van der Waals surface area contributed by atoms with Gasteiger partial charge in [0.1, 0.15) is 11.4 Å². The zero-order chi connectivity index (χ0) is 27.7. The largest absolute Gasteiger partial charge is 0.489 e. The second-order valence-electron chi connectivity index (χ2n) is 10.2. The number of halogens is 2. The maximum atomic E-state index is 14.3. The van der Waals surface area contributed by atoms with Crippen LogP contribution >= 0.6 is 11.6 Å². The van der Waals surface area contributed by atoms with E-state index in [9.17, 15) is 14.0 Å². The van der Waals surface area contributed by atoms with Crippen LogP contribution in [0.2, 0.25) is 5.02 Å². The summed E-state index contributed by atoms with van der Waals surface area (Å²) in [6, 6.07) is 4.66. The van der Waals surface area contributed by atoms with Gasteiger partial charge in [-0.2, -0.15) is 5.10 Å². The van der Waals surface area contributed by atoms with Crippen LogP contribution in [0.5, 0.6) is 11.6 Å². The van der Waals surface area contributed by atoms with E-state index in [1.54, 1.807) is 12.3 Å². The molecule has 0 radical (unpaired) electrons. The fourth-order valence-corrected chi connectivity index (χ4v) is 5.25. The number of carbonyl (C=O) groups is 2. The molecule has 2 fully saturated rings. The molecule has 2 aliphatic rings. The first-order chi connectivity index (χ1) is 18.7. The quantitative estimate of drug-likeness (QED) is 0.427. The highest BCUT2D eigenvalue weighted by Gasteiger charge is 2.54. The zero-order valence-corrected chi connectivity index (χ0v) is 22.7. The highest BCUT2D eigenvalue weighted by Crippen LogP contribution is 2.50. The number of nitrogens with one attached hydrogen (secondary N) is 2. The molecule has 206 valence electrons. The number of rotatable bonds is 8. The molecule has 1 aliphatic heterocycles. The van der Waals surface area contributed by atoms with Crippen LogP contribution in [-0.2, 0) is 11.3 Å². The molecule has 0 aromatic carbocycles. The van der Waals surface area contributed by atoms with Gasteiger partial charge in [0.05, 0.1) is 48.6 Å². The lowest BCUT2D eigenvalue weighted by Gasteiger charge is -2.39. The first-order valence-corrected chi connectivity index (χ1v) is 13.2. The minimum atomic E-state index is -0.567. The van der Waals surface area contributed by atoms with E-state index in [0.29, 0.717) is 35.9 Å². The van der Waals surface area contributed by atoms with Crippen molar-refractivity contribution in [1.82, 2.24) is 30.4 Å². The van der Waals surface area contributed by atoms with Crippen molar-refractivity contribution < 1.29 is 23.5 Å². The topological polar surface area (TPSA) is 122 Å². The molecule has 39 heavy (non-hydrogen) atoms. The molecule has 4 heterocycles. The summed E-state index contributed by atoms with van der Waals surface area (Å²) < 4.78 is 25.0. The lowest BCUT2D eigenvalue weighted by molar-refractivity contribution is -0.127. The Kier molecular flexibility index (Phi) is 7.44. The summed E-state index contributed by atoms with van der Waals surface area (Å²) in [6.07, 6.45) is 5.40. The monoisotopic (exact) mass is 556 g/mol. The Morgan fingerprint density at radius 1 is 1.26 bits per heavy atom. The lowest BCUT2D eigenvalue weighted by atomic mass is 9.88. The number of aromatic nitrogens is 4. The molecule has 3 aromatic rings. The Morgan fingerprint density at radius 3 is 2.74 bits per heavy atom. The maximum absolute atomic E-state index is 14.3. The molecule has 0 bridgehead atoms. The van der Waals surface area contributed by atoms with Crippen molar-refractivity contribution in [2.24, 2.45) is 5.92 Å². The van der Waals surface area contributed by atoms with Gasteiger partial charge >= 0.3 is 0 Å². The molecule has 1 saturated heterocycles. The normalized spacial score (nSPS) is 17.8. The molecule has 3 aromatic heterocycles. The number of hydrogen-bond donors (Lipinski definition) is 2. The predicted molar refractivity (Wildman–Crippen MR) is 141 cm³/mol. The fraction of sp³-hybridized carbons (Fsp3) is 0.444. The van der Waals surface area contributed by atoms with Crippen LogP contribution < -0.4 is 14.8 Å². The van der Waals surface area contributed by atoms with Crippen LogP contribution in [0.1, 0.15) is 55.7 Å². The minimum Gasteiger partial charge on any atom is -0.489 e. The number of nitrogens with zero attached hydrogens (tertiary/aromatic N) is 4. The van der Waals surface area contributed by atoms with E-state index in [4.69, 9.17) is 21.1 Å². The van der Waals surface area contributed by atoms with Gasteiger partial charge in [0, 0.05) is 35.7 Å². The average Bonchev–Trinajstić information content (AvgIpc) is 3.48. The molecule has 1 atom stereocenters. The van der Waals surface area contributed by atoms with Crippen molar-refractivity contribution in [3.63, 3.8) is 0 Å². The standard InChI is InChI=1S/C27H30ClFN6O4/c1-15(2)39-17-8-19(28)23(30-12-17)14-32-25(36)16-4-7-35(27(11-16)5-6-27)26(37)22-10-21(33-34-22)18-9-24(38-3)31-13-20(18)29/h8-10,12-13,15-16H,4-7,11,14H2,1-3H3,(H,32,36)(H,33,34)/t16-/m0/s1. The predicted octanol–water partition coefficient (Wildman–Crippen LogP) is 4.16. The number of aromatic amines is 1. The summed E-state index contributed by atoms with van der Waals surface area (Å²) in [5.74, 6) is -0.272. The van der Waals surface area contributed by atoms with Gasteiger partial charge < -0.3 is 19.7 Å². The van der Waals surface area contributed by atoms with Crippen molar-refractivity contribution in [2.45, 2.75) is 57.7 Å². The molecule has 10 nitrogen and oxygen atoms in total. The van der Waals surface area contributed by atoms with Gasteiger partial charge in [-0.3, -0.25) is 19.7 Å². The van der Waals surface area contributed by atoms with E-state index in [2.05, 4.69) is 25.5 Å².